The first kappa shape index (κ1) is 23.4. The number of nitro groups is 1. The Morgan fingerprint density at radius 2 is 1.77 bits per heavy atom. The van der Waals surface area contributed by atoms with Crippen molar-refractivity contribution < 1.29 is 14.5 Å². The van der Waals surface area contributed by atoms with Gasteiger partial charge in [-0.1, -0.05) is 49.4 Å². The van der Waals surface area contributed by atoms with Crippen molar-refractivity contribution in [3.8, 4) is 0 Å². The van der Waals surface area contributed by atoms with Crippen molar-refractivity contribution in [1.29, 1.82) is 0 Å². The number of nitrogens with zero attached hydrogens (tertiary/aromatic N) is 2. The van der Waals surface area contributed by atoms with E-state index in [9.17, 15) is 19.7 Å². The van der Waals surface area contributed by atoms with Crippen LogP contribution < -0.4 is 5.32 Å². The summed E-state index contributed by atoms with van der Waals surface area (Å²) in [6.07, 6.45) is 0.830. The van der Waals surface area contributed by atoms with Crippen LogP contribution in [0.1, 0.15) is 31.4 Å². The average molecular weight is 430 g/mol. The zero-order valence-electron chi connectivity index (χ0n) is 17.2. The first-order valence-electron chi connectivity index (χ1n) is 9.84. The second-order valence-corrected chi connectivity index (χ2v) is 7.88. The number of non-ortho nitro benzene ring substituents is 1. The van der Waals surface area contributed by atoms with Gasteiger partial charge in [-0.15, -0.1) is 11.8 Å². The Morgan fingerprint density at radius 1 is 1.10 bits per heavy atom. The monoisotopic (exact) mass is 429 g/mol. The molecule has 0 unspecified atom stereocenters. The maximum atomic E-state index is 12.9. The molecule has 0 aromatic heterocycles. The molecule has 7 nitrogen and oxygen atoms in total. The number of nitro benzene ring substituents is 1. The standard InChI is InChI=1S/C22H27N3O4S/c1-3-13-23-22(27)17(2)24(14-18-7-5-4-6-8-18)21(26)16-30-15-19-9-11-20(12-10-19)25(28)29/h4-12,17H,3,13-16H2,1-2H3,(H,23,27)/t17-/m0/s1. The minimum absolute atomic E-state index is 0.0424. The average Bonchev–Trinajstić information content (AvgIpc) is 2.76. The Balaban J connectivity index is 2.00. The maximum absolute atomic E-state index is 12.9. The minimum Gasteiger partial charge on any atom is -0.354 e. The summed E-state index contributed by atoms with van der Waals surface area (Å²) in [6.45, 7) is 4.66. The lowest BCUT2D eigenvalue weighted by molar-refractivity contribution is -0.384. The number of nitrogens with one attached hydrogen (secondary N) is 1. The number of hydrogen-bond acceptors (Lipinski definition) is 5. The first-order chi connectivity index (χ1) is 14.4. The molecule has 0 saturated carbocycles. The van der Waals surface area contributed by atoms with E-state index < -0.39 is 11.0 Å². The molecular weight excluding hydrogens is 402 g/mol. The van der Waals surface area contributed by atoms with Gasteiger partial charge in [-0.25, -0.2) is 0 Å². The molecule has 30 heavy (non-hydrogen) atoms. The Bertz CT molecular complexity index is 843. The van der Waals surface area contributed by atoms with Gasteiger partial charge in [0.15, 0.2) is 0 Å². The van der Waals surface area contributed by atoms with Crippen molar-refractivity contribution >= 4 is 29.3 Å². The molecule has 160 valence electrons. The topological polar surface area (TPSA) is 92.6 Å². The number of benzene rings is 2. The van der Waals surface area contributed by atoms with Crippen molar-refractivity contribution in [2.45, 2.75) is 38.6 Å². The third-order valence-corrected chi connectivity index (χ3v) is 5.54. The van der Waals surface area contributed by atoms with Gasteiger partial charge < -0.3 is 10.2 Å². The second kappa shape index (κ2) is 12.0. The SMILES string of the molecule is CCCNC(=O)[C@H](C)N(Cc1ccccc1)C(=O)CSCc1ccc([N+](=O)[O-])cc1. The maximum Gasteiger partial charge on any atom is 0.269 e. The fourth-order valence-corrected chi connectivity index (χ4v) is 3.68. The normalized spacial score (nSPS) is 11.5. The number of carbonyl (C=O) groups is 2. The molecule has 1 N–H and O–H groups in total. The van der Waals surface area contributed by atoms with Crippen molar-refractivity contribution in [3.05, 3.63) is 75.8 Å². The molecule has 0 saturated heterocycles. The predicted octanol–water partition coefficient (Wildman–Crippen LogP) is 3.77. The fraction of sp³-hybridized carbons (Fsp3) is 0.364. The van der Waals surface area contributed by atoms with Gasteiger partial charge in [-0.2, -0.15) is 0 Å². The number of thioether (sulfide) groups is 1. The van der Waals surface area contributed by atoms with E-state index in [0.29, 0.717) is 18.8 Å². The molecule has 2 amide bonds. The summed E-state index contributed by atoms with van der Waals surface area (Å²) in [6, 6.07) is 15.3. The second-order valence-electron chi connectivity index (χ2n) is 6.89. The molecule has 8 heteroatoms. The zero-order chi connectivity index (χ0) is 21.9. The third-order valence-electron chi connectivity index (χ3n) is 4.55. The van der Waals surface area contributed by atoms with Gasteiger partial charge in [-0.05, 0) is 24.5 Å². The van der Waals surface area contributed by atoms with E-state index in [1.165, 1.54) is 23.9 Å². The van der Waals surface area contributed by atoms with Gasteiger partial charge in [0, 0.05) is 31.0 Å². The van der Waals surface area contributed by atoms with Crippen molar-refractivity contribution in [1.82, 2.24) is 10.2 Å². The van der Waals surface area contributed by atoms with Crippen molar-refractivity contribution in [2.75, 3.05) is 12.3 Å². The number of hydrogen-bond donors (Lipinski definition) is 1. The summed E-state index contributed by atoms with van der Waals surface area (Å²) in [5.41, 5.74) is 1.91. The summed E-state index contributed by atoms with van der Waals surface area (Å²) < 4.78 is 0. The smallest absolute Gasteiger partial charge is 0.269 e. The molecule has 0 fully saturated rings. The van der Waals surface area contributed by atoms with E-state index in [1.807, 2.05) is 37.3 Å². The largest absolute Gasteiger partial charge is 0.354 e. The van der Waals surface area contributed by atoms with Crippen LogP contribution in [0.5, 0.6) is 0 Å². The Hall–Kier alpha value is -2.87. The lowest BCUT2D eigenvalue weighted by atomic mass is 10.1. The molecule has 1 atom stereocenters. The van der Waals surface area contributed by atoms with Crippen LogP contribution in [0.15, 0.2) is 54.6 Å². The highest BCUT2D eigenvalue weighted by molar-refractivity contribution is 7.99. The highest BCUT2D eigenvalue weighted by Crippen LogP contribution is 2.18. The van der Waals surface area contributed by atoms with Gasteiger partial charge >= 0.3 is 0 Å². The number of rotatable bonds is 11. The molecular formula is C22H27N3O4S. The summed E-state index contributed by atoms with van der Waals surface area (Å²) in [5.74, 6) is 0.487. The molecule has 0 bridgehead atoms. The fourth-order valence-electron chi connectivity index (χ4n) is 2.81. The van der Waals surface area contributed by atoms with E-state index in [1.54, 1.807) is 24.0 Å². The molecule has 0 aliphatic heterocycles. The molecule has 2 rings (SSSR count). The molecule has 2 aromatic rings. The molecule has 2 aromatic carbocycles. The number of carbonyl (C=O) groups excluding carboxylic acids is 2. The zero-order valence-corrected chi connectivity index (χ0v) is 18.1. The van der Waals surface area contributed by atoms with Crippen LogP contribution in [0.2, 0.25) is 0 Å². The van der Waals surface area contributed by atoms with Crippen molar-refractivity contribution in [2.24, 2.45) is 0 Å². The lowest BCUT2D eigenvalue weighted by Crippen LogP contribution is -2.48. The molecule has 0 spiro atoms. The lowest BCUT2D eigenvalue weighted by Gasteiger charge is -2.28. The molecule has 0 aliphatic carbocycles. The summed E-state index contributed by atoms with van der Waals surface area (Å²) in [5, 5.41) is 13.6. The van der Waals surface area contributed by atoms with Gasteiger partial charge in [0.1, 0.15) is 6.04 Å². The molecule has 0 aliphatic rings. The quantitative estimate of drug-likeness (QED) is 0.434. The van der Waals surface area contributed by atoms with Gasteiger partial charge in [0.05, 0.1) is 10.7 Å². The predicted molar refractivity (Wildman–Crippen MR) is 119 cm³/mol. The van der Waals surface area contributed by atoms with Crippen LogP contribution in [0, 0.1) is 10.1 Å². The molecule has 0 heterocycles. The Kier molecular flexibility index (Phi) is 9.34. The van der Waals surface area contributed by atoms with E-state index in [2.05, 4.69) is 5.32 Å². The van der Waals surface area contributed by atoms with E-state index in [4.69, 9.17) is 0 Å². The summed E-state index contributed by atoms with van der Waals surface area (Å²) in [7, 11) is 0. The summed E-state index contributed by atoms with van der Waals surface area (Å²) >= 11 is 1.42. The van der Waals surface area contributed by atoms with E-state index in [0.717, 1.165) is 17.5 Å². The number of amides is 2. The van der Waals surface area contributed by atoms with Gasteiger partial charge in [0.2, 0.25) is 11.8 Å². The highest BCUT2D eigenvalue weighted by Gasteiger charge is 2.25. The van der Waals surface area contributed by atoms with Crippen LogP contribution in [-0.4, -0.2) is 40.0 Å². The third kappa shape index (κ3) is 7.18. The van der Waals surface area contributed by atoms with Crippen LogP contribution in [0.25, 0.3) is 0 Å². The Morgan fingerprint density at radius 3 is 2.37 bits per heavy atom. The van der Waals surface area contributed by atoms with Crippen LogP contribution >= 0.6 is 11.8 Å². The van der Waals surface area contributed by atoms with Gasteiger partial charge in [-0.3, -0.25) is 19.7 Å². The van der Waals surface area contributed by atoms with E-state index >= 15 is 0 Å². The molecule has 0 radical (unpaired) electrons. The summed E-state index contributed by atoms with van der Waals surface area (Å²) in [4.78, 5) is 37.3. The van der Waals surface area contributed by atoms with Crippen LogP contribution in [0.3, 0.4) is 0 Å². The van der Waals surface area contributed by atoms with Gasteiger partial charge in [0.25, 0.3) is 5.69 Å². The minimum atomic E-state index is -0.579. The van der Waals surface area contributed by atoms with Crippen molar-refractivity contribution in [3.63, 3.8) is 0 Å². The van der Waals surface area contributed by atoms with Crippen LogP contribution in [-0.2, 0) is 21.9 Å². The first-order valence-corrected chi connectivity index (χ1v) is 11.0. The highest BCUT2D eigenvalue weighted by atomic mass is 32.2. The Labute approximate surface area is 181 Å². The van der Waals surface area contributed by atoms with E-state index in [-0.39, 0.29) is 23.3 Å². The van der Waals surface area contributed by atoms with Crippen LogP contribution in [0.4, 0.5) is 5.69 Å².